The minimum Gasteiger partial charge on any atom is -0.373 e. The molecule has 1 atom stereocenters. The topological polar surface area (TPSA) is 38.3 Å². The normalized spacial score (nSPS) is 19.3. The second-order valence-electron chi connectivity index (χ2n) is 5.28. The van der Waals surface area contributed by atoms with E-state index in [2.05, 4.69) is 5.32 Å². The largest absolute Gasteiger partial charge is 0.373 e. The SMILES string of the molecule is Cc1ccc(C(=O)COCCC2CCCCN2)cc1. The van der Waals surface area contributed by atoms with Gasteiger partial charge in [-0.3, -0.25) is 4.79 Å². The average Bonchev–Trinajstić information content (AvgIpc) is 2.45. The average molecular weight is 261 g/mol. The highest BCUT2D eigenvalue weighted by Gasteiger charge is 2.12. The molecule has 1 heterocycles. The molecule has 1 aliphatic rings. The fraction of sp³-hybridized carbons (Fsp3) is 0.562. The zero-order chi connectivity index (χ0) is 13.5. The Morgan fingerprint density at radius 3 is 2.79 bits per heavy atom. The van der Waals surface area contributed by atoms with Crippen LogP contribution >= 0.6 is 0 Å². The van der Waals surface area contributed by atoms with Gasteiger partial charge in [-0.15, -0.1) is 0 Å². The highest BCUT2D eigenvalue weighted by molar-refractivity contribution is 5.97. The van der Waals surface area contributed by atoms with Crippen molar-refractivity contribution in [2.24, 2.45) is 0 Å². The third kappa shape index (κ3) is 4.77. The fourth-order valence-electron chi connectivity index (χ4n) is 2.38. The van der Waals surface area contributed by atoms with Gasteiger partial charge in [0.2, 0.25) is 0 Å². The first-order valence-electron chi connectivity index (χ1n) is 7.17. The van der Waals surface area contributed by atoms with Gasteiger partial charge in [0.05, 0.1) is 0 Å². The van der Waals surface area contributed by atoms with Gasteiger partial charge in [-0.1, -0.05) is 36.2 Å². The van der Waals surface area contributed by atoms with Crippen LogP contribution in [0.2, 0.25) is 0 Å². The number of Topliss-reactive ketones (excluding diaryl/α,β-unsaturated/α-hetero) is 1. The Hall–Kier alpha value is -1.19. The number of piperidine rings is 1. The van der Waals surface area contributed by atoms with Crippen LogP contribution in [0.5, 0.6) is 0 Å². The molecule has 0 spiro atoms. The zero-order valence-electron chi connectivity index (χ0n) is 11.7. The van der Waals surface area contributed by atoms with Gasteiger partial charge in [0.15, 0.2) is 5.78 Å². The van der Waals surface area contributed by atoms with Crippen molar-refractivity contribution >= 4 is 5.78 Å². The molecule has 0 aliphatic carbocycles. The predicted octanol–water partition coefficient (Wildman–Crippen LogP) is 2.73. The Balaban J connectivity index is 1.64. The molecule has 1 fully saturated rings. The minimum absolute atomic E-state index is 0.0663. The van der Waals surface area contributed by atoms with E-state index in [-0.39, 0.29) is 12.4 Å². The fourth-order valence-corrected chi connectivity index (χ4v) is 2.38. The van der Waals surface area contributed by atoms with E-state index in [9.17, 15) is 4.79 Å². The maximum absolute atomic E-state index is 11.9. The quantitative estimate of drug-likeness (QED) is 0.632. The van der Waals surface area contributed by atoms with Gasteiger partial charge in [0.25, 0.3) is 0 Å². The number of hydrogen-bond donors (Lipinski definition) is 1. The molecule has 1 saturated heterocycles. The van der Waals surface area contributed by atoms with Crippen molar-refractivity contribution in [1.82, 2.24) is 5.32 Å². The molecule has 1 unspecified atom stereocenters. The molecule has 104 valence electrons. The number of ether oxygens (including phenoxy) is 1. The van der Waals surface area contributed by atoms with Gasteiger partial charge in [0, 0.05) is 18.2 Å². The van der Waals surface area contributed by atoms with E-state index in [0.29, 0.717) is 12.6 Å². The molecule has 1 aliphatic heterocycles. The Morgan fingerprint density at radius 2 is 2.11 bits per heavy atom. The molecule has 0 radical (unpaired) electrons. The van der Waals surface area contributed by atoms with E-state index in [0.717, 1.165) is 18.5 Å². The summed E-state index contributed by atoms with van der Waals surface area (Å²) in [7, 11) is 0. The van der Waals surface area contributed by atoms with Crippen molar-refractivity contribution in [3.05, 3.63) is 35.4 Å². The number of carbonyl (C=O) groups is 1. The smallest absolute Gasteiger partial charge is 0.188 e. The Morgan fingerprint density at radius 1 is 1.32 bits per heavy atom. The van der Waals surface area contributed by atoms with Gasteiger partial charge in [-0.2, -0.15) is 0 Å². The summed E-state index contributed by atoms with van der Waals surface area (Å²) in [6.45, 7) is 3.99. The van der Waals surface area contributed by atoms with Crippen molar-refractivity contribution in [2.45, 2.75) is 38.6 Å². The van der Waals surface area contributed by atoms with Crippen LogP contribution < -0.4 is 5.32 Å². The molecule has 3 heteroatoms. The van der Waals surface area contributed by atoms with Crippen LogP contribution in [0.25, 0.3) is 0 Å². The molecule has 0 bridgehead atoms. The van der Waals surface area contributed by atoms with Crippen LogP contribution in [0, 0.1) is 6.92 Å². The number of carbonyl (C=O) groups excluding carboxylic acids is 1. The first kappa shape index (κ1) is 14.2. The maximum Gasteiger partial charge on any atom is 0.188 e. The van der Waals surface area contributed by atoms with Crippen LogP contribution in [0.4, 0.5) is 0 Å². The molecule has 0 aromatic heterocycles. The predicted molar refractivity (Wildman–Crippen MR) is 76.6 cm³/mol. The minimum atomic E-state index is 0.0663. The lowest BCUT2D eigenvalue weighted by atomic mass is 10.0. The van der Waals surface area contributed by atoms with Crippen LogP contribution in [0.1, 0.15) is 41.6 Å². The van der Waals surface area contributed by atoms with E-state index >= 15 is 0 Å². The molecular weight excluding hydrogens is 238 g/mol. The van der Waals surface area contributed by atoms with Gasteiger partial charge in [-0.05, 0) is 32.7 Å². The number of aryl methyl sites for hydroxylation is 1. The molecule has 0 amide bonds. The molecule has 1 aromatic carbocycles. The summed E-state index contributed by atoms with van der Waals surface area (Å²) in [5.74, 6) is 0.0663. The lowest BCUT2D eigenvalue weighted by Crippen LogP contribution is -2.34. The number of ketones is 1. The molecule has 2 rings (SSSR count). The van der Waals surface area contributed by atoms with E-state index in [1.165, 1.54) is 24.8 Å². The second kappa shape index (κ2) is 7.41. The maximum atomic E-state index is 11.9. The van der Waals surface area contributed by atoms with Crippen molar-refractivity contribution in [2.75, 3.05) is 19.8 Å². The van der Waals surface area contributed by atoms with Crippen LogP contribution in [-0.4, -0.2) is 31.6 Å². The van der Waals surface area contributed by atoms with E-state index < -0.39 is 0 Å². The van der Waals surface area contributed by atoms with E-state index in [1.54, 1.807) is 0 Å². The third-order valence-electron chi connectivity index (χ3n) is 3.63. The van der Waals surface area contributed by atoms with Gasteiger partial charge < -0.3 is 10.1 Å². The van der Waals surface area contributed by atoms with E-state index in [4.69, 9.17) is 4.74 Å². The molecular formula is C16H23NO2. The summed E-state index contributed by atoms with van der Waals surface area (Å²) in [5, 5.41) is 3.48. The first-order valence-corrected chi connectivity index (χ1v) is 7.17. The van der Waals surface area contributed by atoms with Gasteiger partial charge >= 0.3 is 0 Å². The lowest BCUT2D eigenvalue weighted by molar-refractivity contribution is 0.0736. The first-order chi connectivity index (χ1) is 9.25. The van der Waals surface area contributed by atoms with Gasteiger partial charge in [-0.25, -0.2) is 0 Å². The number of hydrogen-bond acceptors (Lipinski definition) is 3. The second-order valence-corrected chi connectivity index (χ2v) is 5.28. The van der Waals surface area contributed by atoms with Crippen LogP contribution in [0.3, 0.4) is 0 Å². The van der Waals surface area contributed by atoms with Crippen molar-refractivity contribution in [1.29, 1.82) is 0 Å². The van der Waals surface area contributed by atoms with Gasteiger partial charge in [0.1, 0.15) is 6.61 Å². The lowest BCUT2D eigenvalue weighted by Gasteiger charge is -2.23. The molecule has 0 saturated carbocycles. The summed E-state index contributed by atoms with van der Waals surface area (Å²) in [5.41, 5.74) is 1.90. The molecule has 19 heavy (non-hydrogen) atoms. The molecule has 3 nitrogen and oxygen atoms in total. The summed E-state index contributed by atoms with van der Waals surface area (Å²) in [4.78, 5) is 11.9. The number of benzene rings is 1. The highest BCUT2D eigenvalue weighted by atomic mass is 16.5. The van der Waals surface area contributed by atoms with E-state index in [1.807, 2.05) is 31.2 Å². The number of rotatable bonds is 6. The summed E-state index contributed by atoms with van der Waals surface area (Å²) < 4.78 is 5.49. The standard InChI is InChI=1S/C16H23NO2/c1-13-5-7-14(8-6-13)16(18)12-19-11-9-15-4-2-3-10-17-15/h5-8,15,17H,2-4,9-12H2,1H3. The monoisotopic (exact) mass is 261 g/mol. The molecule has 1 aromatic rings. The summed E-state index contributed by atoms with van der Waals surface area (Å²) in [6, 6.07) is 8.22. The van der Waals surface area contributed by atoms with Crippen molar-refractivity contribution in [3.8, 4) is 0 Å². The summed E-state index contributed by atoms with van der Waals surface area (Å²) in [6.07, 6.45) is 4.82. The van der Waals surface area contributed by atoms with Crippen LogP contribution in [-0.2, 0) is 4.74 Å². The Labute approximate surface area is 115 Å². The molecule has 1 N–H and O–H groups in total. The highest BCUT2D eigenvalue weighted by Crippen LogP contribution is 2.10. The van der Waals surface area contributed by atoms with Crippen molar-refractivity contribution in [3.63, 3.8) is 0 Å². The number of nitrogens with one attached hydrogen (secondary N) is 1. The summed E-state index contributed by atoms with van der Waals surface area (Å²) >= 11 is 0. The zero-order valence-corrected chi connectivity index (χ0v) is 11.7. The third-order valence-corrected chi connectivity index (χ3v) is 3.63. The Kier molecular flexibility index (Phi) is 5.55. The Bertz CT molecular complexity index is 394. The van der Waals surface area contributed by atoms with Crippen LogP contribution in [0.15, 0.2) is 24.3 Å². The van der Waals surface area contributed by atoms with Crippen molar-refractivity contribution < 1.29 is 9.53 Å².